The van der Waals surface area contributed by atoms with Crippen molar-refractivity contribution >= 4 is 17.8 Å². The largest absolute Gasteiger partial charge is 0.490 e. The Labute approximate surface area is 170 Å². The van der Waals surface area contributed by atoms with E-state index in [1.54, 1.807) is 18.5 Å². The molecule has 0 saturated carbocycles. The molecule has 1 N–H and O–H groups in total. The molecule has 0 bridgehead atoms. The fraction of sp³-hybridized carbons (Fsp3) is 0.647. The lowest BCUT2D eigenvalue weighted by Crippen LogP contribution is -2.72. The molecule has 1 atom stereocenters. The van der Waals surface area contributed by atoms with E-state index in [0.29, 0.717) is 19.8 Å². The van der Waals surface area contributed by atoms with E-state index in [1.165, 1.54) is 5.06 Å². The summed E-state index contributed by atoms with van der Waals surface area (Å²) in [5.41, 5.74) is -0.226. The number of hydrogen-bond donors (Lipinski definition) is 1. The first-order valence-corrected chi connectivity index (χ1v) is 9.22. The van der Waals surface area contributed by atoms with Gasteiger partial charge in [0.25, 0.3) is 5.91 Å². The minimum absolute atomic E-state index is 0.00224. The van der Waals surface area contributed by atoms with Crippen LogP contribution in [0.5, 0.6) is 0 Å². The number of ether oxygens (including phenoxy) is 1. The van der Waals surface area contributed by atoms with Crippen LogP contribution in [0.3, 0.4) is 0 Å². The number of carboxylic acids is 1. The third-order valence-corrected chi connectivity index (χ3v) is 4.94. The third kappa shape index (κ3) is 4.96. The molecular weight excluding hydrogens is 411 g/mol. The van der Waals surface area contributed by atoms with Gasteiger partial charge in [-0.05, 0) is 19.5 Å². The van der Waals surface area contributed by atoms with E-state index in [0.717, 1.165) is 32.0 Å². The number of hydroxylamine groups is 2. The number of anilines is 1. The van der Waals surface area contributed by atoms with Gasteiger partial charge in [-0.1, -0.05) is 0 Å². The van der Waals surface area contributed by atoms with Gasteiger partial charge in [-0.2, -0.15) is 13.2 Å². The van der Waals surface area contributed by atoms with Crippen LogP contribution in [0.4, 0.5) is 19.1 Å². The van der Waals surface area contributed by atoms with Crippen LogP contribution in [0.2, 0.25) is 0 Å². The maximum atomic E-state index is 12.5. The van der Waals surface area contributed by atoms with Crippen LogP contribution in [0.25, 0.3) is 0 Å². The molecule has 166 valence electrons. The number of aliphatic carboxylic acids is 1. The molecule has 1 unspecified atom stereocenters. The van der Waals surface area contributed by atoms with Crippen LogP contribution in [0, 0.1) is 0 Å². The van der Waals surface area contributed by atoms with Gasteiger partial charge >= 0.3 is 12.1 Å². The van der Waals surface area contributed by atoms with Crippen molar-refractivity contribution in [2.75, 3.05) is 51.3 Å². The second-order valence-electron chi connectivity index (χ2n) is 7.26. The SMILES string of the molecule is CN1CC2(CN(c3ncccn3)C2)OCC1C(=O)N1CCCO1.O=C(O)C(F)(F)F. The lowest BCUT2D eigenvalue weighted by atomic mass is 9.91. The van der Waals surface area contributed by atoms with E-state index in [2.05, 4.69) is 19.8 Å². The van der Waals surface area contributed by atoms with Crippen molar-refractivity contribution in [2.24, 2.45) is 0 Å². The summed E-state index contributed by atoms with van der Waals surface area (Å²) in [6, 6.07) is 1.54. The number of rotatable bonds is 2. The van der Waals surface area contributed by atoms with Crippen LogP contribution in [-0.4, -0.2) is 101 Å². The molecule has 3 saturated heterocycles. The Morgan fingerprint density at radius 1 is 1.23 bits per heavy atom. The Kier molecular flexibility index (Phi) is 6.43. The Balaban J connectivity index is 0.000000318. The molecule has 13 heteroatoms. The lowest BCUT2D eigenvalue weighted by molar-refractivity contribution is -0.193. The molecule has 3 aliphatic heterocycles. The van der Waals surface area contributed by atoms with Crippen LogP contribution in [0.15, 0.2) is 18.5 Å². The van der Waals surface area contributed by atoms with Gasteiger partial charge < -0.3 is 14.7 Å². The van der Waals surface area contributed by atoms with Crippen molar-refractivity contribution in [3.8, 4) is 0 Å². The molecule has 4 rings (SSSR count). The standard InChI is InChI=1S/C15H21N5O3.C2HF3O2/c1-18-9-15(10-19(11-15)14-16-4-2-5-17-14)22-8-12(18)13(21)20-6-3-7-23-20;3-2(4,5)1(6)7/h2,4-5,12H,3,6-11H2,1H3;(H,6,7). The Morgan fingerprint density at radius 3 is 2.37 bits per heavy atom. The maximum absolute atomic E-state index is 12.5. The minimum atomic E-state index is -5.08. The van der Waals surface area contributed by atoms with Gasteiger partial charge in [0.15, 0.2) is 0 Å². The van der Waals surface area contributed by atoms with Crippen molar-refractivity contribution in [3.05, 3.63) is 18.5 Å². The van der Waals surface area contributed by atoms with E-state index in [4.69, 9.17) is 19.5 Å². The molecule has 1 spiro atoms. The van der Waals surface area contributed by atoms with E-state index in [1.807, 2.05) is 7.05 Å². The zero-order valence-corrected chi connectivity index (χ0v) is 16.2. The Hall–Kier alpha value is -2.51. The quantitative estimate of drug-likeness (QED) is 0.698. The fourth-order valence-electron chi connectivity index (χ4n) is 3.48. The molecular formula is C17H22F3N5O5. The van der Waals surface area contributed by atoms with Gasteiger partial charge in [-0.3, -0.25) is 14.5 Å². The van der Waals surface area contributed by atoms with Gasteiger partial charge in [0.05, 0.1) is 32.8 Å². The van der Waals surface area contributed by atoms with Crippen LogP contribution in [0.1, 0.15) is 6.42 Å². The highest BCUT2D eigenvalue weighted by molar-refractivity contribution is 5.81. The number of carbonyl (C=O) groups is 2. The number of hydrogen-bond acceptors (Lipinski definition) is 8. The summed E-state index contributed by atoms with van der Waals surface area (Å²) in [5.74, 6) is -2.03. The number of aromatic nitrogens is 2. The zero-order chi connectivity index (χ0) is 21.9. The number of carbonyl (C=O) groups excluding carboxylic acids is 1. The van der Waals surface area contributed by atoms with Gasteiger partial charge in [0.1, 0.15) is 11.6 Å². The predicted molar refractivity (Wildman–Crippen MR) is 95.3 cm³/mol. The molecule has 1 aromatic heterocycles. The number of amides is 1. The van der Waals surface area contributed by atoms with Gasteiger partial charge in [0.2, 0.25) is 5.95 Å². The number of carboxylic acid groups (broad SMARTS) is 1. The molecule has 10 nitrogen and oxygen atoms in total. The topological polar surface area (TPSA) is 108 Å². The smallest absolute Gasteiger partial charge is 0.475 e. The van der Waals surface area contributed by atoms with Crippen molar-refractivity contribution in [2.45, 2.75) is 24.2 Å². The fourth-order valence-corrected chi connectivity index (χ4v) is 3.48. The van der Waals surface area contributed by atoms with Crippen molar-refractivity contribution in [3.63, 3.8) is 0 Å². The van der Waals surface area contributed by atoms with Crippen LogP contribution < -0.4 is 4.90 Å². The summed E-state index contributed by atoms with van der Waals surface area (Å²) in [4.78, 5) is 39.4. The molecule has 0 aromatic carbocycles. The van der Waals surface area contributed by atoms with Gasteiger partial charge in [-0.25, -0.2) is 19.8 Å². The van der Waals surface area contributed by atoms with Crippen LogP contribution >= 0.6 is 0 Å². The van der Waals surface area contributed by atoms with E-state index >= 15 is 0 Å². The summed E-state index contributed by atoms with van der Waals surface area (Å²) in [5, 5.41) is 8.60. The summed E-state index contributed by atoms with van der Waals surface area (Å²) in [6.07, 6.45) is -0.698. The van der Waals surface area contributed by atoms with E-state index in [9.17, 15) is 18.0 Å². The van der Waals surface area contributed by atoms with Crippen molar-refractivity contribution in [1.29, 1.82) is 0 Å². The zero-order valence-electron chi connectivity index (χ0n) is 16.2. The normalized spacial score (nSPS) is 23.5. The second-order valence-corrected chi connectivity index (χ2v) is 7.26. The highest BCUT2D eigenvalue weighted by Gasteiger charge is 2.51. The number of likely N-dealkylation sites (N-methyl/N-ethyl adjacent to an activating group) is 1. The lowest BCUT2D eigenvalue weighted by Gasteiger charge is -2.54. The van der Waals surface area contributed by atoms with Gasteiger partial charge in [0, 0.05) is 18.9 Å². The van der Waals surface area contributed by atoms with Crippen molar-refractivity contribution < 1.29 is 37.4 Å². The number of morpholine rings is 1. The van der Waals surface area contributed by atoms with E-state index < -0.39 is 12.1 Å². The number of alkyl halides is 3. The molecule has 3 aliphatic rings. The molecule has 0 radical (unpaired) electrons. The Morgan fingerprint density at radius 2 is 1.87 bits per heavy atom. The molecule has 3 fully saturated rings. The predicted octanol–water partition coefficient (Wildman–Crippen LogP) is 0.163. The summed E-state index contributed by atoms with van der Waals surface area (Å²) in [6.45, 7) is 3.93. The molecule has 1 amide bonds. The highest BCUT2D eigenvalue weighted by atomic mass is 19.4. The first-order valence-electron chi connectivity index (χ1n) is 9.22. The second kappa shape index (κ2) is 8.70. The molecule has 30 heavy (non-hydrogen) atoms. The first-order chi connectivity index (χ1) is 14.1. The highest BCUT2D eigenvalue weighted by Crippen LogP contribution is 2.32. The number of nitrogens with zero attached hydrogens (tertiary/aromatic N) is 5. The monoisotopic (exact) mass is 433 g/mol. The summed E-state index contributed by atoms with van der Waals surface area (Å²) >= 11 is 0. The van der Waals surface area contributed by atoms with Gasteiger partial charge in [-0.15, -0.1) is 0 Å². The first kappa shape index (κ1) is 22.2. The summed E-state index contributed by atoms with van der Waals surface area (Å²) < 4.78 is 37.8. The molecule has 0 aliphatic carbocycles. The molecule has 1 aromatic rings. The third-order valence-electron chi connectivity index (χ3n) is 4.94. The Bertz CT molecular complexity index is 754. The maximum Gasteiger partial charge on any atom is 0.490 e. The van der Waals surface area contributed by atoms with Crippen LogP contribution in [-0.2, 0) is 19.2 Å². The van der Waals surface area contributed by atoms with Crippen molar-refractivity contribution in [1.82, 2.24) is 19.9 Å². The average Bonchev–Trinajstić information content (AvgIpc) is 3.21. The minimum Gasteiger partial charge on any atom is -0.475 e. The summed E-state index contributed by atoms with van der Waals surface area (Å²) in [7, 11) is 1.98. The average molecular weight is 433 g/mol. The number of halogens is 3. The molecule has 4 heterocycles. The van der Waals surface area contributed by atoms with E-state index in [-0.39, 0.29) is 17.6 Å².